The molecule has 0 amide bonds. The molecule has 3 nitrogen and oxygen atoms in total. The predicted octanol–water partition coefficient (Wildman–Crippen LogP) is 4.92. The first-order valence-electron chi connectivity index (χ1n) is 5.64. The van der Waals surface area contributed by atoms with Crippen molar-refractivity contribution < 1.29 is 0 Å². The van der Waals surface area contributed by atoms with Gasteiger partial charge >= 0.3 is 0 Å². The monoisotopic (exact) mass is 413 g/mol. The van der Waals surface area contributed by atoms with Gasteiger partial charge < -0.3 is 0 Å². The molecule has 0 atom stereocenters. The first-order chi connectivity index (χ1) is 10.2. The number of hydrogen-bond acceptors (Lipinski definition) is 3. The van der Waals surface area contributed by atoms with Gasteiger partial charge in [-0.3, -0.25) is 0 Å². The lowest BCUT2D eigenvalue weighted by molar-refractivity contribution is 0.833. The van der Waals surface area contributed by atoms with Gasteiger partial charge in [0.25, 0.3) is 0 Å². The lowest BCUT2D eigenvalue weighted by Crippen LogP contribution is -2.17. The fourth-order valence-corrected chi connectivity index (χ4v) is 1.84. The zero-order valence-electron chi connectivity index (χ0n) is 10.5. The predicted molar refractivity (Wildman–Crippen MR) is 90.7 cm³/mol. The van der Waals surface area contributed by atoms with Gasteiger partial charge in [0, 0.05) is 5.56 Å². The minimum absolute atomic E-state index is 0.0292. The van der Waals surface area contributed by atoms with Crippen LogP contribution in [0.25, 0.3) is 0 Å². The van der Waals surface area contributed by atoms with Crippen molar-refractivity contribution in [2.45, 2.75) is 7.59 Å². The third-order valence-corrected chi connectivity index (χ3v) is 3.25. The maximum atomic E-state index is 5.77. The fraction of sp³-hybridized carbons (Fsp3) is 0.154. The molecule has 0 aliphatic heterocycles. The summed E-state index contributed by atoms with van der Waals surface area (Å²) in [6.07, 6.45) is 0. The van der Waals surface area contributed by atoms with Crippen LogP contribution in [-0.2, 0) is 7.59 Å². The highest BCUT2D eigenvalue weighted by atomic mass is 35.6. The molecule has 1 heterocycles. The van der Waals surface area contributed by atoms with Gasteiger partial charge in [-0.25, -0.2) is 15.0 Å². The average Bonchev–Trinajstić information content (AvgIpc) is 2.44. The van der Waals surface area contributed by atoms with Crippen molar-refractivity contribution in [1.29, 1.82) is 0 Å². The highest BCUT2D eigenvalue weighted by Gasteiger charge is 2.33. The van der Waals surface area contributed by atoms with Crippen molar-refractivity contribution in [3.05, 3.63) is 53.4 Å². The molecule has 0 saturated heterocycles. The molecule has 0 aliphatic rings. The van der Waals surface area contributed by atoms with Crippen molar-refractivity contribution in [3.63, 3.8) is 0 Å². The highest BCUT2D eigenvalue weighted by molar-refractivity contribution is 6.67. The molecule has 0 bridgehead atoms. The van der Waals surface area contributed by atoms with Crippen LogP contribution in [0.2, 0.25) is 0 Å². The van der Waals surface area contributed by atoms with E-state index in [0.717, 1.165) is 5.56 Å². The second-order valence-corrected chi connectivity index (χ2v) is 8.48. The molecule has 0 aliphatic carbocycles. The molecule has 9 heteroatoms. The molecule has 0 spiro atoms. The summed E-state index contributed by atoms with van der Waals surface area (Å²) in [7, 11) is 0. The van der Waals surface area contributed by atoms with E-state index in [2.05, 4.69) is 26.8 Å². The summed E-state index contributed by atoms with van der Waals surface area (Å²) in [6, 6.07) is 9.20. The maximum absolute atomic E-state index is 5.77. The van der Waals surface area contributed by atoms with E-state index in [0.29, 0.717) is 0 Å². The number of benzene rings is 1. The molecule has 2 aromatic rings. The maximum Gasteiger partial charge on any atom is 0.250 e. The van der Waals surface area contributed by atoms with Crippen LogP contribution in [0.3, 0.4) is 0 Å². The molecule has 0 N–H and O–H groups in total. The molecule has 0 saturated carbocycles. The second-order valence-electron chi connectivity index (χ2n) is 3.92. The van der Waals surface area contributed by atoms with E-state index in [1.165, 1.54) is 0 Å². The van der Waals surface area contributed by atoms with Crippen molar-refractivity contribution in [1.82, 2.24) is 15.0 Å². The molecule has 0 unspecified atom stereocenters. The largest absolute Gasteiger partial charge is 0.250 e. The summed E-state index contributed by atoms with van der Waals surface area (Å²) in [5, 5.41) is 0. The van der Waals surface area contributed by atoms with Gasteiger partial charge in [0.05, 0.1) is 0 Å². The zero-order valence-corrected chi connectivity index (χ0v) is 15.0. The Labute approximate surface area is 156 Å². The van der Waals surface area contributed by atoms with Crippen molar-refractivity contribution in [3.8, 4) is 11.8 Å². The van der Waals surface area contributed by atoms with Gasteiger partial charge in [0.1, 0.15) is 0 Å². The SMILES string of the molecule is ClC(Cl)(Cl)c1nc(C#Cc2ccccc2)nc(C(Cl)(Cl)Cl)n1. The van der Waals surface area contributed by atoms with E-state index in [1.54, 1.807) is 0 Å². The van der Waals surface area contributed by atoms with E-state index in [-0.39, 0.29) is 17.5 Å². The Morgan fingerprint density at radius 2 is 1.18 bits per heavy atom. The molecule has 22 heavy (non-hydrogen) atoms. The first-order valence-corrected chi connectivity index (χ1v) is 7.90. The fourth-order valence-electron chi connectivity index (χ4n) is 1.33. The van der Waals surface area contributed by atoms with E-state index >= 15 is 0 Å². The van der Waals surface area contributed by atoms with Gasteiger partial charge in [-0.15, -0.1) is 0 Å². The van der Waals surface area contributed by atoms with Crippen molar-refractivity contribution >= 4 is 69.6 Å². The molecule has 114 valence electrons. The molecule has 2 rings (SSSR count). The Bertz CT molecular complexity index is 693. The minimum Gasteiger partial charge on any atom is -0.209 e. The molecule has 0 fully saturated rings. The lowest BCUT2D eigenvalue weighted by Gasteiger charge is -2.14. The van der Waals surface area contributed by atoms with Crippen molar-refractivity contribution in [2.75, 3.05) is 0 Å². The molecular formula is C13H5Cl6N3. The molecule has 1 aromatic heterocycles. The smallest absolute Gasteiger partial charge is 0.209 e. The Hall–Kier alpha value is -0.470. The van der Waals surface area contributed by atoms with Gasteiger partial charge in [-0.1, -0.05) is 93.7 Å². The van der Waals surface area contributed by atoms with Gasteiger partial charge in [-0.2, -0.15) is 0 Å². The summed E-state index contributed by atoms with van der Waals surface area (Å²) < 4.78 is -3.78. The molecule has 1 aromatic carbocycles. The standard InChI is InChI=1S/C13H5Cl6N3/c14-12(15,16)10-20-9(21-11(22-10)13(17,18)19)7-6-8-4-2-1-3-5-8/h1-5H. The lowest BCUT2D eigenvalue weighted by atomic mass is 10.2. The number of hydrogen-bond donors (Lipinski definition) is 0. The van der Waals surface area contributed by atoms with Crippen LogP contribution >= 0.6 is 69.6 Å². The summed E-state index contributed by atoms with van der Waals surface area (Å²) in [4.78, 5) is 11.8. The van der Waals surface area contributed by atoms with Crippen LogP contribution in [0.15, 0.2) is 30.3 Å². The quantitative estimate of drug-likeness (QED) is 0.452. The number of aromatic nitrogens is 3. The molecular weight excluding hydrogens is 411 g/mol. The van der Waals surface area contributed by atoms with Crippen molar-refractivity contribution in [2.24, 2.45) is 0 Å². The third-order valence-electron chi connectivity index (χ3n) is 2.23. The highest BCUT2D eigenvalue weighted by Crippen LogP contribution is 2.39. The number of alkyl halides is 6. The number of halogens is 6. The molecule has 0 radical (unpaired) electrons. The summed E-state index contributed by atoms with van der Waals surface area (Å²) in [6.45, 7) is 0. The van der Waals surface area contributed by atoms with Gasteiger partial charge in [-0.05, 0) is 18.1 Å². The van der Waals surface area contributed by atoms with Gasteiger partial charge in [0.15, 0.2) is 11.6 Å². The summed E-state index contributed by atoms with van der Waals surface area (Å²) in [5.74, 6) is 5.26. The van der Waals surface area contributed by atoms with Crippen LogP contribution in [0.1, 0.15) is 23.0 Å². The Kier molecular flexibility index (Phi) is 5.66. The second kappa shape index (κ2) is 6.97. The van der Waals surface area contributed by atoms with Gasteiger partial charge in [0.2, 0.25) is 13.4 Å². The van der Waals surface area contributed by atoms with Crippen LogP contribution < -0.4 is 0 Å². The number of nitrogens with zero attached hydrogens (tertiary/aromatic N) is 3. The third kappa shape index (κ3) is 5.03. The van der Waals surface area contributed by atoms with Crippen LogP contribution in [-0.4, -0.2) is 15.0 Å². The van der Waals surface area contributed by atoms with Crippen LogP contribution in [0, 0.1) is 11.8 Å². The summed E-state index contributed by atoms with van der Waals surface area (Å²) >= 11 is 34.6. The summed E-state index contributed by atoms with van der Waals surface area (Å²) in [5.41, 5.74) is 0.758. The first kappa shape index (κ1) is 17.9. The minimum atomic E-state index is -1.89. The van der Waals surface area contributed by atoms with E-state index < -0.39 is 7.59 Å². The Balaban J connectivity index is 2.50. The van der Waals surface area contributed by atoms with Crippen LogP contribution in [0.4, 0.5) is 0 Å². The topological polar surface area (TPSA) is 38.7 Å². The Morgan fingerprint density at radius 1 is 0.682 bits per heavy atom. The van der Waals surface area contributed by atoms with E-state index in [9.17, 15) is 0 Å². The van der Waals surface area contributed by atoms with E-state index in [1.807, 2.05) is 30.3 Å². The Morgan fingerprint density at radius 3 is 1.64 bits per heavy atom. The van der Waals surface area contributed by atoms with E-state index in [4.69, 9.17) is 69.6 Å². The normalized spacial score (nSPS) is 11.7. The van der Waals surface area contributed by atoms with Crippen LogP contribution in [0.5, 0.6) is 0 Å². The average molecular weight is 416 g/mol. The zero-order chi connectivity index (χ0) is 16.4. The number of rotatable bonds is 0.